The fourth-order valence-corrected chi connectivity index (χ4v) is 3.80. The molecule has 5 nitrogen and oxygen atoms in total. The second-order valence-electron chi connectivity index (χ2n) is 5.88. The Morgan fingerprint density at radius 3 is 2.78 bits per heavy atom. The van der Waals surface area contributed by atoms with Crippen molar-refractivity contribution < 1.29 is 14.3 Å². The number of carbonyl (C=O) groups excluding carboxylic acids is 2. The number of benzene rings is 1. The quantitative estimate of drug-likeness (QED) is 0.776. The van der Waals surface area contributed by atoms with Crippen LogP contribution in [-0.4, -0.2) is 66.8 Å². The summed E-state index contributed by atoms with van der Waals surface area (Å²) in [5.41, 5.74) is 0. The van der Waals surface area contributed by atoms with Gasteiger partial charge in [0.15, 0.2) is 0 Å². The molecular formula is C16H19ClN2O3S. The van der Waals surface area contributed by atoms with E-state index < -0.39 is 0 Å². The van der Waals surface area contributed by atoms with Crippen LogP contribution in [0.15, 0.2) is 29.2 Å². The van der Waals surface area contributed by atoms with Gasteiger partial charge < -0.3 is 14.5 Å². The monoisotopic (exact) mass is 354 g/mol. The van der Waals surface area contributed by atoms with Gasteiger partial charge in [0.2, 0.25) is 11.8 Å². The Hall–Kier alpha value is -1.24. The Balaban J connectivity index is 1.63. The van der Waals surface area contributed by atoms with Crippen molar-refractivity contribution in [1.29, 1.82) is 0 Å². The zero-order chi connectivity index (χ0) is 16.4. The van der Waals surface area contributed by atoms with Crippen LogP contribution in [0.4, 0.5) is 0 Å². The maximum absolute atomic E-state index is 12.5. The van der Waals surface area contributed by atoms with Gasteiger partial charge in [0.1, 0.15) is 0 Å². The second-order valence-corrected chi connectivity index (χ2v) is 7.36. The maximum Gasteiger partial charge on any atom is 0.233 e. The van der Waals surface area contributed by atoms with Gasteiger partial charge in [-0.15, -0.1) is 11.8 Å². The molecule has 2 aliphatic heterocycles. The van der Waals surface area contributed by atoms with Crippen LogP contribution in [0.1, 0.15) is 0 Å². The molecule has 0 saturated carbocycles. The molecule has 0 aliphatic carbocycles. The van der Waals surface area contributed by atoms with Crippen LogP contribution in [-0.2, 0) is 14.3 Å². The molecule has 2 aliphatic rings. The molecule has 0 unspecified atom stereocenters. The summed E-state index contributed by atoms with van der Waals surface area (Å²) in [4.78, 5) is 29.4. The standard InChI is InChI=1S/C16H19ClN2O3S/c1-18-13-7-19(6-11(16(18)21)8-22-9-13)15(20)10-23-14-4-2-12(17)3-5-14/h2-5,11,13H,6-10H2,1H3/t11-,13+/m1/s1. The molecule has 0 spiro atoms. The first-order valence-electron chi connectivity index (χ1n) is 7.55. The third-order valence-corrected chi connectivity index (χ3v) is 5.52. The molecule has 2 heterocycles. The Morgan fingerprint density at radius 1 is 1.30 bits per heavy atom. The number of fused-ring (bicyclic) bond motifs is 3. The molecule has 1 aromatic carbocycles. The lowest BCUT2D eigenvalue weighted by atomic mass is 10.1. The van der Waals surface area contributed by atoms with Crippen LogP contribution in [0.3, 0.4) is 0 Å². The fourth-order valence-electron chi connectivity index (χ4n) is 2.87. The number of ether oxygens (including phenoxy) is 1. The van der Waals surface area contributed by atoms with E-state index in [0.29, 0.717) is 37.1 Å². The van der Waals surface area contributed by atoms with Gasteiger partial charge in [-0.05, 0) is 24.3 Å². The number of likely N-dealkylation sites (N-methyl/N-ethyl adjacent to an activating group) is 1. The number of amides is 2. The van der Waals surface area contributed by atoms with Crippen LogP contribution < -0.4 is 0 Å². The average Bonchev–Trinajstić information content (AvgIpc) is 2.72. The smallest absolute Gasteiger partial charge is 0.233 e. The van der Waals surface area contributed by atoms with Crippen molar-refractivity contribution in [2.75, 3.05) is 39.1 Å². The molecule has 2 atom stereocenters. The van der Waals surface area contributed by atoms with Crippen molar-refractivity contribution in [1.82, 2.24) is 9.80 Å². The Morgan fingerprint density at radius 2 is 2.04 bits per heavy atom. The molecular weight excluding hydrogens is 336 g/mol. The van der Waals surface area contributed by atoms with Crippen molar-refractivity contribution in [3.63, 3.8) is 0 Å². The summed E-state index contributed by atoms with van der Waals surface area (Å²) < 4.78 is 5.55. The van der Waals surface area contributed by atoms with Crippen LogP contribution in [0.2, 0.25) is 5.02 Å². The minimum atomic E-state index is -0.253. The minimum absolute atomic E-state index is 0.0560. The average molecular weight is 355 g/mol. The Bertz CT molecular complexity index is 595. The maximum atomic E-state index is 12.5. The Labute approximate surface area is 144 Å². The van der Waals surface area contributed by atoms with Crippen molar-refractivity contribution >= 4 is 35.2 Å². The summed E-state index contributed by atoms with van der Waals surface area (Å²) >= 11 is 7.35. The lowest BCUT2D eigenvalue weighted by Crippen LogP contribution is -2.45. The van der Waals surface area contributed by atoms with Gasteiger partial charge in [-0.25, -0.2) is 0 Å². The fraction of sp³-hybridized carbons (Fsp3) is 0.500. The van der Waals surface area contributed by atoms with Crippen LogP contribution in [0.25, 0.3) is 0 Å². The minimum Gasteiger partial charge on any atom is -0.378 e. The molecule has 0 N–H and O–H groups in total. The third-order valence-electron chi connectivity index (χ3n) is 4.27. The summed E-state index contributed by atoms with van der Waals surface area (Å²) in [5, 5.41) is 0.683. The highest BCUT2D eigenvalue weighted by Gasteiger charge is 2.38. The molecule has 1 aromatic rings. The zero-order valence-electron chi connectivity index (χ0n) is 12.9. The summed E-state index contributed by atoms with van der Waals surface area (Å²) in [6.45, 7) is 1.87. The lowest BCUT2D eigenvalue weighted by Gasteiger charge is -2.29. The highest BCUT2D eigenvalue weighted by atomic mass is 35.5. The SMILES string of the molecule is CN1C(=O)[C@H]2COC[C@@H]1CN(C(=O)CSc1ccc(Cl)cc1)C2. The number of thioether (sulfide) groups is 1. The van der Waals surface area contributed by atoms with Gasteiger partial charge in [0.05, 0.1) is 30.9 Å². The first kappa shape index (κ1) is 16.6. The molecule has 23 heavy (non-hydrogen) atoms. The lowest BCUT2D eigenvalue weighted by molar-refractivity contribution is -0.134. The second kappa shape index (κ2) is 7.11. The molecule has 124 valence electrons. The van der Waals surface area contributed by atoms with Crippen molar-refractivity contribution in [2.24, 2.45) is 5.92 Å². The number of hydrogen-bond donors (Lipinski definition) is 0. The van der Waals surface area contributed by atoms with Crippen LogP contribution in [0, 0.1) is 5.92 Å². The van der Waals surface area contributed by atoms with E-state index in [9.17, 15) is 9.59 Å². The van der Waals surface area contributed by atoms with Crippen molar-refractivity contribution in [2.45, 2.75) is 10.9 Å². The molecule has 0 radical (unpaired) electrons. The number of carbonyl (C=O) groups is 2. The van der Waals surface area contributed by atoms with E-state index in [1.165, 1.54) is 11.8 Å². The molecule has 2 amide bonds. The summed E-state index contributed by atoms with van der Waals surface area (Å²) in [6.07, 6.45) is 0. The van der Waals surface area contributed by atoms with E-state index in [1.54, 1.807) is 11.9 Å². The molecule has 3 rings (SSSR count). The molecule has 2 saturated heterocycles. The molecule has 0 aromatic heterocycles. The molecule has 7 heteroatoms. The highest BCUT2D eigenvalue weighted by molar-refractivity contribution is 8.00. The number of nitrogens with zero attached hydrogens (tertiary/aromatic N) is 2. The van der Waals surface area contributed by atoms with E-state index in [4.69, 9.17) is 16.3 Å². The topological polar surface area (TPSA) is 49.9 Å². The van der Waals surface area contributed by atoms with E-state index in [0.717, 1.165) is 4.90 Å². The number of hydrogen-bond acceptors (Lipinski definition) is 4. The van der Waals surface area contributed by atoms with Crippen LogP contribution in [0.5, 0.6) is 0 Å². The van der Waals surface area contributed by atoms with Crippen molar-refractivity contribution in [3.05, 3.63) is 29.3 Å². The van der Waals surface area contributed by atoms with Gasteiger partial charge in [-0.2, -0.15) is 0 Å². The van der Waals surface area contributed by atoms with Crippen LogP contribution >= 0.6 is 23.4 Å². The van der Waals surface area contributed by atoms with Gasteiger partial charge in [0.25, 0.3) is 0 Å². The van der Waals surface area contributed by atoms with E-state index in [1.807, 2.05) is 29.2 Å². The number of rotatable bonds is 3. The zero-order valence-corrected chi connectivity index (χ0v) is 14.5. The largest absolute Gasteiger partial charge is 0.378 e. The van der Waals surface area contributed by atoms with Gasteiger partial charge in [-0.1, -0.05) is 11.6 Å². The van der Waals surface area contributed by atoms with E-state index >= 15 is 0 Å². The molecule has 2 fully saturated rings. The number of halogens is 1. The van der Waals surface area contributed by atoms with Gasteiger partial charge >= 0.3 is 0 Å². The first-order chi connectivity index (χ1) is 11.0. The van der Waals surface area contributed by atoms with Gasteiger partial charge in [0, 0.05) is 30.1 Å². The van der Waals surface area contributed by atoms with E-state index in [2.05, 4.69) is 0 Å². The predicted octanol–water partition coefficient (Wildman–Crippen LogP) is 1.75. The highest BCUT2D eigenvalue weighted by Crippen LogP contribution is 2.23. The predicted molar refractivity (Wildman–Crippen MR) is 89.6 cm³/mol. The summed E-state index contributed by atoms with van der Waals surface area (Å²) in [6, 6.07) is 7.38. The third kappa shape index (κ3) is 3.82. The normalized spacial score (nSPS) is 24.5. The van der Waals surface area contributed by atoms with E-state index in [-0.39, 0.29) is 23.8 Å². The van der Waals surface area contributed by atoms with Gasteiger partial charge in [-0.3, -0.25) is 9.59 Å². The first-order valence-corrected chi connectivity index (χ1v) is 8.91. The molecule has 2 bridgehead atoms. The summed E-state index contributed by atoms with van der Waals surface area (Å²) in [7, 11) is 1.80. The van der Waals surface area contributed by atoms with Crippen molar-refractivity contribution in [3.8, 4) is 0 Å². The summed E-state index contributed by atoms with van der Waals surface area (Å²) in [5.74, 6) is 0.245. The Kier molecular flexibility index (Phi) is 5.14.